The Labute approximate surface area is 147 Å². The van der Waals surface area contributed by atoms with Crippen LogP contribution in [0.2, 0.25) is 0 Å². The van der Waals surface area contributed by atoms with Crippen LogP contribution in [-0.4, -0.2) is 37.0 Å². The first-order valence-electron chi connectivity index (χ1n) is 8.30. The van der Waals surface area contributed by atoms with E-state index in [4.69, 9.17) is 14.2 Å². The van der Waals surface area contributed by atoms with Crippen molar-refractivity contribution in [1.82, 2.24) is 0 Å². The van der Waals surface area contributed by atoms with E-state index in [1.807, 2.05) is 0 Å². The Balaban J connectivity index is 2.31. The minimum absolute atomic E-state index is 0.159. The summed E-state index contributed by atoms with van der Waals surface area (Å²) in [7, 11) is 1.55. The highest BCUT2D eigenvalue weighted by molar-refractivity contribution is 6.01. The molecule has 0 bridgehead atoms. The number of hydrogen-bond acceptors (Lipinski definition) is 6. The number of carbonyl (C=O) groups excluding carboxylic acids is 3. The second kappa shape index (κ2) is 7.25. The summed E-state index contributed by atoms with van der Waals surface area (Å²) in [5, 5.41) is 0. The van der Waals surface area contributed by atoms with Gasteiger partial charge in [-0.25, -0.2) is 0 Å². The Hall–Kier alpha value is -2.37. The third-order valence-electron chi connectivity index (χ3n) is 4.65. The smallest absolute Gasteiger partial charge is 0.321 e. The summed E-state index contributed by atoms with van der Waals surface area (Å²) in [5.74, 6) is -3.08. The summed E-state index contributed by atoms with van der Waals surface area (Å²) in [6.45, 7) is 6.98. The van der Waals surface area contributed by atoms with Gasteiger partial charge in [-0.1, -0.05) is 6.92 Å². The highest BCUT2D eigenvalue weighted by Crippen LogP contribution is 2.43. The molecule has 1 fully saturated rings. The zero-order valence-electron chi connectivity index (χ0n) is 15.2. The van der Waals surface area contributed by atoms with Crippen LogP contribution in [0.25, 0.3) is 0 Å². The van der Waals surface area contributed by atoms with Gasteiger partial charge in [-0.3, -0.25) is 14.4 Å². The lowest BCUT2D eigenvalue weighted by Crippen LogP contribution is -2.41. The third-order valence-corrected chi connectivity index (χ3v) is 4.65. The monoisotopic (exact) mass is 348 g/mol. The molecule has 0 N–H and O–H groups in total. The number of ether oxygens (including phenoxy) is 3. The molecule has 25 heavy (non-hydrogen) atoms. The van der Waals surface area contributed by atoms with Crippen molar-refractivity contribution in [2.45, 2.75) is 33.3 Å². The van der Waals surface area contributed by atoms with Crippen LogP contribution in [0.5, 0.6) is 5.75 Å². The van der Waals surface area contributed by atoms with Gasteiger partial charge >= 0.3 is 11.9 Å². The van der Waals surface area contributed by atoms with Crippen LogP contribution in [0.3, 0.4) is 0 Å². The first-order chi connectivity index (χ1) is 11.7. The van der Waals surface area contributed by atoms with E-state index in [-0.39, 0.29) is 12.4 Å². The van der Waals surface area contributed by atoms with Crippen LogP contribution in [0.1, 0.15) is 38.1 Å². The summed E-state index contributed by atoms with van der Waals surface area (Å²) in [6, 6.07) is 6.73. The second-order valence-electron chi connectivity index (χ2n) is 6.66. The van der Waals surface area contributed by atoms with E-state index in [0.29, 0.717) is 11.3 Å². The summed E-state index contributed by atoms with van der Waals surface area (Å²) in [4.78, 5) is 37.4. The molecule has 0 aliphatic carbocycles. The molecule has 0 amide bonds. The first kappa shape index (κ1) is 19.0. The number of esters is 2. The van der Waals surface area contributed by atoms with E-state index in [9.17, 15) is 14.4 Å². The van der Waals surface area contributed by atoms with E-state index in [1.54, 1.807) is 59.1 Å². The molecule has 1 aromatic rings. The number of Topliss-reactive ketones (excluding diaryl/α,β-unsaturated/α-hetero) is 1. The number of hydrogen-bond donors (Lipinski definition) is 0. The predicted molar refractivity (Wildman–Crippen MR) is 90.3 cm³/mol. The molecule has 0 unspecified atom stereocenters. The Kier molecular flexibility index (Phi) is 5.50. The topological polar surface area (TPSA) is 78.9 Å². The summed E-state index contributed by atoms with van der Waals surface area (Å²) in [5.41, 5.74) is -0.443. The van der Waals surface area contributed by atoms with Gasteiger partial charge in [0.05, 0.1) is 13.7 Å². The van der Waals surface area contributed by atoms with Gasteiger partial charge < -0.3 is 14.2 Å². The van der Waals surface area contributed by atoms with Crippen molar-refractivity contribution in [3.8, 4) is 5.75 Å². The van der Waals surface area contributed by atoms with Crippen molar-refractivity contribution in [3.05, 3.63) is 29.8 Å². The van der Waals surface area contributed by atoms with E-state index in [0.717, 1.165) is 0 Å². The van der Waals surface area contributed by atoms with Gasteiger partial charge in [-0.15, -0.1) is 0 Å². The largest absolute Gasteiger partial charge is 0.497 e. The highest BCUT2D eigenvalue weighted by Gasteiger charge is 2.57. The van der Waals surface area contributed by atoms with Crippen LogP contribution < -0.4 is 4.74 Å². The van der Waals surface area contributed by atoms with E-state index in [1.165, 1.54) is 0 Å². The van der Waals surface area contributed by atoms with Crippen LogP contribution >= 0.6 is 0 Å². The summed E-state index contributed by atoms with van der Waals surface area (Å²) >= 11 is 0. The maximum absolute atomic E-state index is 12.9. The van der Waals surface area contributed by atoms with Gasteiger partial charge in [-0.2, -0.15) is 0 Å². The molecule has 0 aromatic heterocycles. The van der Waals surface area contributed by atoms with Crippen molar-refractivity contribution in [3.63, 3.8) is 0 Å². The molecule has 1 saturated heterocycles. The minimum atomic E-state index is -1.09. The Morgan fingerprint density at radius 3 is 2.36 bits per heavy atom. The van der Waals surface area contributed by atoms with Crippen molar-refractivity contribution in [1.29, 1.82) is 0 Å². The molecule has 0 saturated carbocycles. The number of cyclic esters (lactones) is 1. The fraction of sp³-hybridized carbons (Fsp3) is 0.526. The van der Waals surface area contributed by atoms with Gasteiger partial charge in [0, 0.05) is 17.4 Å². The van der Waals surface area contributed by atoms with Crippen LogP contribution in [0, 0.1) is 17.8 Å². The fourth-order valence-electron chi connectivity index (χ4n) is 3.49. The molecule has 1 heterocycles. The van der Waals surface area contributed by atoms with E-state index in [2.05, 4.69) is 0 Å². The molecule has 1 aromatic carbocycles. The molecule has 1 aliphatic heterocycles. The van der Waals surface area contributed by atoms with E-state index < -0.39 is 35.3 Å². The lowest BCUT2D eigenvalue weighted by molar-refractivity contribution is -0.157. The maximum atomic E-state index is 12.9. The third kappa shape index (κ3) is 3.67. The fourth-order valence-corrected chi connectivity index (χ4v) is 3.49. The molecule has 6 heteroatoms. The van der Waals surface area contributed by atoms with Gasteiger partial charge in [0.15, 0.2) is 11.7 Å². The average molecular weight is 348 g/mol. The molecule has 3 atom stereocenters. The molecule has 2 rings (SSSR count). The number of carbonyl (C=O) groups is 3. The zero-order valence-corrected chi connectivity index (χ0v) is 15.2. The van der Waals surface area contributed by atoms with Gasteiger partial charge in [0.2, 0.25) is 0 Å². The number of benzene rings is 1. The number of methoxy groups -OCH3 is 1. The van der Waals surface area contributed by atoms with Crippen molar-refractivity contribution in [2.75, 3.05) is 13.7 Å². The zero-order chi connectivity index (χ0) is 18.8. The van der Waals surface area contributed by atoms with Crippen molar-refractivity contribution >= 4 is 17.7 Å². The molecular weight excluding hydrogens is 324 g/mol. The molecular formula is C19H24O6. The quantitative estimate of drug-likeness (QED) is 0.447. The standard InChI is InChI=1S/C19H24O6/c1-6-24-17(21)14-15(19(3,4)25-18(14)22)11(2)16(20)12-7-9-13(23-5)10-8-12/h7-11,14-15H,6H2,1-5H3/t11-,14-,15-/m1/s1. The predicted octanol–water partition coefficient (Wildman–Crippen LogP) is 2.64. The molecule has 0 radical (unpaired) electrons. The normalized spacial score (nSPS) is 22.8. The van der Waals surface area contributed by atoms with E-state index >= 15 is 0 Å². The average Bonchev–Trinajstić information content (AvgIpc) is 2.82. The summed E-state index contributed by atoms with van der Waals surface area (Å²) < 4.78 is 15.5. The van der Waals surface area contributed by atoms with Crippen LogP contribution in [-0.2, 0) is 19.1 Å². The minimum Gasteiger partial charge on any atom is -0.497 e. The Morgan fingerprint density at radius 1 is 1.24 bits per heavy atom. The SMILES string of the molecule is CCOC(=O)[C@@H]1C(=O)OC(C)(C)[C@@H]1[C@@H](C)C(=O)c1ccc(OC)cc1. The van der Waals surface area contributed by atoms with Crippen molar-refractivity contribution < 1.29 is 28.6 Å². The lowest BCUT2D eigenvalue weighted by Gasteiger charge is -2.30. The Bertz CT molecular complexity index is 661. The second-order valence-corrected chi connectivity index (χ2v) is 6.66. The molecule has 1 aliphatic rings. The van der Waals surface area contributed by atoms with Gasteiger partial charge in [0.25, 0.3) is 0 Å². The maximum Gasteiger partial charge on any atom is 0.321 e. The van der Waals surface area contributed by atoms with Crippen LogP contribution in [0.4, 0.5) is 0 Å². The van der Waals surface area contributed by atoms with Gasteiger partial charge in [0.1, 0.15) is 11.4 Å². The molecule has 6 nitrogen and oxygen atoms in total. The lowest BCUT2D eigenvalue weighted by atomic mass is 9.72. The van der Waals surface area contributed by atoms with Gasteiger partial charge in [-0.05, 0) is 45.0 Å². The molecule has 136 valence electrons. The first-order valence-corrected chi connectivity index (χ1v) is 8.30. The highest BCUT2D eigenvalue weighted by atomic mass is 16.6. The van der Waals surface area contributed by atoms with Crippen LogP contribution in [0.15, 0.2) is 24.3 Å². The number of rotatable bonds is 6. The van der Waals surface area contributed by atoms with Crippen molar-refractivity contribution in [2.24, 2.45) is 17.8 Å². The Morgan fingerprint density at radius 2 is 1.84 bits per heavy atom. The number of ketones is 1. The molecule has 0 spiro atoms. The summed E-state index contributed by atoms with van der Waals surface area (Å²) in [6.07, 6.45) is 0.